The van der Waals surface area contributed by atoms with Crippen molar-refractivity contribution < 1.29 is 80.2 Å². The molecular weight excluding hydrogens is 1150 g/mol. The van der Waals surface area contributed by atoms with Gasteiger partial charge in [0.15, 0.2) is 12.2 Å². The van der Waals surface area contributed by atoms with Gasteiger partial charge in [-0.05, 0) is 43.4 Å². The van der Waals surface area contributed by atoms with Crippen molar-refractivity contribution in [2.24, 2.45) is 17.8 Å². The highest BCUT2D eigenvalue weighted by atomic mass is 31.2. The number of unbranched alkanes of at least 4 members (excludes halogenated alkanes) is 33. The van der Waals surface area contributed by atoms with Crippen molar-refractivity contribution >= 4 is 39.5 Å². The van der Waals surface area contributed by atoms with Gasteiger partial charge in [0.05, 0.1) is 26.4 Å². The minimum atomic E-state index is -4.95. The number of carbonyl (C=O) groups excluding carboxylic acids is 4. The van der Waals surface area contributed by atoms with Crippen LogP contribution in [0.2, 0.25) is 0 Å². The molecule has 0 aliphatic rings. The van der Waals surface area contributed by atoms with E-state index < -0.39 is 97.5 Å². The molecule has 6 atom stereocenters. The summed E-state index contributed by atoms with van der Waals surface area (Å²) in [6.45, 7) is 11.8. The Kier molecular flexibility index (Phi) is 57.8. The molecule has 0 bridgehead atoms. The first-order valence-corrected chi connectivity index (χ1v) is 38.4. The van der Waals surface area contributed by atoms with Crippen LogP contribution in [0.4, 0.5) is 0 Å². The summed E-state index contributed by atoms with van der Waals surface area (Å²) in [5.41, 5.74) is 0. The smallest absolute Gasteiger partial charge is 0.462 e. The molecule has 0 heterocycles. The first kappa shape index (κ1) is 85.1. The van der Waals surface area contributed by atoms with Crippen LogP contribution in [0.1, 0.15) is 337 Å². The van der Waals surface area contributed by atoms with Gasteiger partial charge in [-0.1, -0.05) is 286 Å². The second-order valence-corrected chi connectivity index (χ2v) is 28.7. The van der Waals surface area contributed by atoms with E-state index in [0.717, 1.165) is 114 Å². The molecule has 0 aromatic heterocycles. The molecule has 0 radical (unpaired) electrons. The van der Waals surface area contributed by atoms with Crippen LogP contribution in [0.25, 0.3) is 0 Å². The molecule has 516 valence electrons. The number of phosphoric ester groups is 2. The number of carbonyl (C=O) groups is 4. The fourth-order valence-corrected chi connectivity index (χ4v) is 11.7. The molecule has 0 saturated carbocycles. The van der Waals surface area contributed by atoms with Gasteiger partial charge in [0, 0.05) is 25.7 Å². The average Bonchev–Trinajstić information content (AvgIpc) is 3.67. The molecule has 0 spiro atoms. The fourth-order valence-electron chi connectivity index (χ4n) is 10.2. The molecule has 87 heavy (non-hydrogen) atoms. The monoisotopic (exact) mass is 1280 g/mol. The summed E-state index contributed by atoms with van der Waals surface area (Å²) in [6.07, 6.45) is 41.7. The maximum atomic E-state index is 13.0. The molecule has 0 aromatic rings. The van der Waals surface area contributed by atoms with Crippen molar-refractivity contribution in [3.8, 4) is 0 Å². The van der Waals surface area contributed by atoms with Crippen LogP contribution < -0.4 is 0 Å². The molecule has 0 aliphatic heterocycles. The topological polar surface area (TPSA) is 237 Å². The largest absolute Gasteiger partial charge is 0.472 e. The van der Waals surface area contributed by atoms with E-state index in [1.165, 1.54) is 141 Å². The second kappa shape index (κ2) is 59.1. The number of hydrogen-bond donors (Lipinski definition) is 3. The van der Waals surface area contributed by atoms with Crippen molar-refractivity contribution in [2.45, 2.75) is 356 Å². The minimum Gasteiger partial charge on any atom is -0.462 e. The zero-order valence-electron chi connectivity index (χ0n) is 56.5. The predicted molar refractivity (Wildman–Crippen MR) is 349 cm³/mol. The molecule has 3 N–H and O–H groups in total. The molecule has 0 aromatic carbocycles. The Bertz CT molecular complexity index is 1720. The molecule has 0 aliphatic carbocycles. The molecule has 0 amide bonds. The summed E-state index contributed by atoms with van der Waals surface area (Å²) < 4.78 is 68.2. The summed E-state index contributed by atoms with van der Waals surface area (Å²) in [7, 11) is -9.90. The quantitative estimate of drug-likeness (QED) is 0.0222. The second-order valence-electron chi connectivity index (χ2n) is 25.8. The van der Waals surface area contributed by atoms with Gasteiger partial charge in [-0.25, -0.2) is 9.13 Å². The van der Waals surface area contributed by atoms with Crippen LogP contribution in [0, 0.1) is 17.8 Å². The van der Waals surface area contributed by atoms with Crippen LogP contribution in [0.3, 0.4) is 0 Å². The van der Waals surface area contributed by atoms with Crippen molar-refractivity contribution in [3.05, 3.63) is 0 Å². The normalized spacial score (nSPS) is 14.6. The number of phosphoric acid groups is 2. The highest BCUT2D eigenvalue weighted by Gasteiger charge is 2.30. The van der Waals surface area contributed by atoms with Gasteiger partial charge >= 0.3 is 39.5 Å². The molecule has 0 rings (SSSR count). The van der Waals surface area contributed by atoms with E-state index in [1.807, 2.05) is 0 Å². The molecule has 0 fully saturated rings. The lowest BCUT2D eigenvalue weighted by Crippen LogP contribution is -2.30. The van der Waals surface area contributed by atoms with E-state index in [2.05, 4.69) is 48.5 Å². The van der Waals surface area contributed by atoms with Crippen LogP contribution in [0.5, 0.6) is 0 Å². The van der Waals surface area contributed by atoms with Crippen molar-refractivity contribution in [2.75, 3.05) is 39.6 Å². The Labute approximate surface area is 530 Å². The van der Waals surface area contributed by atoms with Crippen LogP contribution in [0.15, 0.2) is 0 Å². The van der Waals surface area contributed by atoms with Crippen molar-refractivity contribution in [1.29, 1.82) is 0 Å². The summed E-state index contributed by atoms with van der Waals surface area (Å²) in [5, 5.41) is 10.6. The van der Waals surface area contributed by atoms with E-state index in [-0.39, 0.29) is 25.7 Å². The van der Waals surface area contributed by atoms with Gasteiger partial charge < -0.3 is 33.8 Å². The van der Waals surface area contributed by atoms with Crippen LogP contribution in [-0.2, 0) is 65.4 Å². The van der Waals surface area contributed by atoms with Crippen LogP contribution in [-0.4, -0.2) is 96.7 Å². The highest BCUT2D eigenvalue weighted by Crippen LogP contribution is 2.45. The molecule has 0 saturated heterocycles. The van der Waals surface area contributed by atoms with Gasteiger partial charge in [-0.15, -0.1) is 0 Å². The highest BCUT2D eigenvalue weighted by molar-refractivity contribution is 7.47. The Morgan fingerprint density at radius 1 is 0.333 bits per heavy atom. The van der Waals surface area contributed by atoms with E-state index in [1.54, 1.807) is 0 Å². The first-order valence-electron chi connectivity index (χ1n) is 35.4. The summed E-state index contributed by atoms with van der Waals surface area (Å²) >= 11 is 0. The van der Waals surface area contributed by atoms with Crippen LogP contribution >= 0.6 is 15.6 Å². The fraction of sp³-hybridized carbons (Fsp3) is 0.941. The summed E-state index contributed by atoms with van der Waals surface area (Å²) in [4.78, 5) is 72.4. The maximum Gasteiger partial charge on any atom is 0.472 e. The maximum absolute atomic E-state index is 13.0. The summed E-state index contributed by atoms with van der Waals surface area (Å²) in [6, 6.07) is 0. The van der Waals surface area contributed by atoms with E-state index in [4.69, 9.17) is 37.0 Å². The van der Waals surface area contributed by atoms with Crippen molar-refractivity contribution in [3.63, 3.8) is 0 Å². The number of esters is 4. The molecule has 19 heteroatoms. The molecule has 17 nitrogen and oxygen atoms in total. The van der Waals surface area contributed by atoms with Gasteiger partial charge in [-0.2, -0.15) is 0 Å². The van der Waals surface area contributed by atoms with E-state index >= 15 is 0 Å². The number of hydrogen-bond acceptors (Lipinski definition) is 15. The third kappa shape index (κ3) is 61.3. The average molecular weight is 1280 g/mol. The van der Waals surface area contributed by atoms with Gasteiger partial charge in [-0.3, -0.25) is 37.3 Å². The Morgan fingerprint density at radius 2 is 0.586 bits per heavy atom. The zero-order chi connectivity index (χ0) is 64.5. The van der Waals surface area contributed by atoms with Gasteiger partial charge in [0.2, 0.25) is 0 Å². The predicted octanol–water partition coefficient (Wildman–Crippen LogP) is 19.1. The summed E-state index contributed by atoms with van der Waals surface area (Å²) in [5.74, 6) is 0.0837. The Morgan fingerprint density at radius 3 is 0.874 bits per heavy atom. The lowest BCUT2D eigenvalue weighted by Gasteiger charge is -2.21. The number of aliphatic hydroxyl groups is 1. The van der Waals surface area contributed by atoms with E-state index in [9.17, 15) is 43.2 Å². The third-order valence-corrected chi connectivity index (χ3v) is 17.9. The molecular formula is C68H132O17P2. The lowest BCUT2D eigenvalue weighted by molar-refractivity contribution is -0.161. The number of ether oxygens (including phenoxy) is 4. The zero-order valence-corrected chi connectivity index (χ0v) is 58.3. The first-order chi connectivity index (χ1) is 41.8. The van der Waals surface area contributed by atoms with Gasteiger partial charge in [0.25, 0.3) is 0 Å². The van der Waals surface area contributed by atoms with Gasteiger partial charge in [0.1, 0.15) is 19.3 Å². The van der Waals surface area contributed by atoms with Crippen molar-refractivity contribution in [1.82, 2.24) is 0 Å². The Balaban J connectivity index is 5.26. The third-order valence-electron chi connectivity index (χ3n) is 16.0. The minimum absolute atomic E-state index is 0.103. The Hall–Kier alpha value is -1.94. The number of aliphatic hydroxyl groups excluding tert-OH is 1. The number of rotatable bonds is 66. The lowest BCUT2D eigenvalue weighted by atomic mass is 10.00. The van der Waals surface area contributed by atoms with E-state index in [0.29, 0.717) is 25.7 Å². The SMILES string of the molecule is CCCCCCCCCCCCCCC(=O)OC[C@H](COP(=O)(O)OC[C@@H](O)COP(=O)(O)OC[C@@H](COC(=O)CCCCCCCCC(C)CC)OC(=O)CCCCCCCCCCC(C)C)OC(=O)CCCCCCCCCCCCCC(C)C. The standard InChI is InChI=1S/C68H132O17P2/c1-8-10-11-12-13-14-15-18-21-27-35-42-49-65(70)78-55-63(84-67(72)51-44-37-28-22-19-16-17-20-25-32-39-46-59(3)4)57-82-86(74,75)80-53-62(69)54-81-87(76,77)83-58-64(56-79-66(71)50-43-36-31-30-34-41-48-61(7)9-2)85-68(73)52-45-38-29-24-23-26-33-40-47-60(5)6/h59-64,69H,8-58H2,1-7H3,(H,74,75)(H,76,77)/t61?,62-,63-,64-/m1/s1. The molecule has 3 unspecified atom stereocenters.